The first-order valence-electron chi connectivity index (χ1n) is 24.7. The summed E-state index contributed by atoms with van der Waals surface area (Å²) in [5.41, 5.74) is 0. The van der Waals surface area contributed by atoms with Gasteiger partial charge in [0.1, 0.15) is 13.2 Å². The molecule has 0 spiro atoms. The van der Waals surface area contributed by atoms with Crippen molar-refractivity contribution in [1.82, 2.24) is 5.32 Å². The van der Waals surface area contributed by atoms with Crippen LogP contribution in [-0.2, 0) is 18.4 Å². The molecule has 0 fully saturated rings. The van der Waals surface area contributed by atoms with Crippen molar-refractivity contribution in [3.63, 3.8) is 0 Å². The predicted octanol–water partition coefficient (Wildman–Crippen LogP) is 14.1. The number of rotatable bonds is 45. The second-order valence-electron chi connectivity index (χ2n) is 18.2. The number of aliphatic hydroxyl groups is 1. The first-order valence-corrected chi connectivity index (χ1v) is 26.2. The molecule has 0 radical (unpaired) electrons. The number of likely N-dealkylation sites (N-methyl/N-ethyl adjacent to an activating group) is 1. The Labute approximate surface area is 360 Å². The molecule has 0 aliphatic rings. The molecule has 0 saturated carbocycles. The third-order valence-corrected chi connectivity index (χ3v) is 12.2. The molecule has 3 unspecified atom stereocenters. The number of nitrogens with zero attached hydrogens (tertiary/aromatic N) is 1. The Kier molecular flexibility index (Phi) is 40.6. The van der Waals surface area contributed by atoms with Gasteiger partial charge in [-0.25, -0.2) is 4.57 Å². The summed E-state index contributed by atoms with van der Waals surface area (Å²) in [6.45, 7) is 4.74. The number of hydrogen-bond acceptors (Lipinski definition) is 5. The van der Waals surface area contributed by atoms with Crippen molar-refractivity contribution in [3.05, 3.63) is 24.3 Å². The number of carbonyl (C=O) groups is 1. The maximum atomic E-state index is 12.7. The maximum absolute atomic E-state index is 12.7. The summed E-state index contributed by atoms with van der Waals surface area (Å²) in [6, 6.07) is -0.856. The van der Waals surface area contributed by atoms with Crippen molar-refractivity contribution in [1.29, 1.82) is 0 Å². The lowest BCUT2D eigenvalue weighted by atomic mass is 10.0. The normalized spacial score (nSPS) is 14.4. The van der Waals surface area contributed by atoms with Crippen molar-refractivity contribution in [2.75, 3.05) is 40.9 Å². The van der Waals surface area contributed by atoms with Gasteiger partial charge >= 0.3 is 7.82 Å². The molecule has 0 aromatic heterocycles. The van der Waals surface area contributed by atoms with E-state index in [0.717, 1.165) is 38.5 Å². The van der Waals surface area contributed by atoms with Crippen LogP contribution in [0, 0.1) is 0 Å². The molecule has 8 nitrogen and oxygen atoms in total. The predicted molar refractivity (Wildman–Crippen MR) is 249 cm³/mol. The molecule has 0 saturated heterocycles. The van der Waals surface area contributed by atoms with E-state index in [9.17, 15) is 19.4 Å². The number of nitrogens with one attached hydrogen (secondary N) is 1. The van der Waals surface area contributed by atoms with Crippen LogP contribution in [0.3, 0.4) is 0 Å². The van der Waals surface area contributed by atoms with Gasteiger partial charge in [-0.2, -0.15) is 0 Å². The number of allylic oxidation sites excluding steroid dienone is 3. The van der Waals surface area contributed by atoms with Crippen LogP contribution in [-0.4, -0.2) is 73.4 Å². The SMILES string of the molecule is CCCCCCCCCCCCCCCCCCCCCCCCCC/C=C/CC/C=C/C(O)C(COP(=O)(O)OCC[N+](C)(C)C)NC(=O)CCCCCCCC. The zero-order valence-electron chi connectivity index (χ0n) is 39.0. The maximum Gasteiger partial charge on any atom is 0.472 e. The molecule has 3 N–H and O–H groups in total. The van der Waals surface area contributed by atoms with Crippen molar-refractivity contribution in [3.8, 4) is 0 Å². The first kappa shape index (κ1) is 57.0. The van der Waals surface area contributed by atoms with Gasteiger partial charge in [0.2, 0.25) is 5.91 Å². The molecule has 58 heavy (non-hydrogen) atoms. The van der Waals surface area contributed by atoms with Crippen LogP contribution in [0.1, 0.15) is 232 Å². The van der Waals surface area contributed by atoms with Gasteiger partial charge in [-0.1, -0.05) is 218 Å². The number of carbonyl (C=O) groups excluding carboxylic acids is 1. The van der Waals surface area contributed by atoms with E-state index in [4.69, 9.17) is 9.05 Å². The zero-order chi connectivity index (χ0) is 42.8. The van der Waals surface area contributed by atoms with Gasteiger partial charge in [-0.3, -0.25) is 13.8 Å². The van der Waals surface area contributed by atoms with E-state index in [1.165, 1.54) is 173 Å². The minimum absolute atomic E-state index is 0.0575. The van der Waals surface area contributed by atoms with E-state index in [1.54, 1.807) is 6.08 Å². The molecule has 0 heterocycles. The molecule has 0 aliphatic carbocycles. The van der Waals surface area contributed by atoms with Crippen LogP contribution in [0.4, 0.5) is 0 Å². The topological polar surface area (TPSA) is 105 Å². The third kappa shape index (κ3) is 43.1. The quantitative estimate of drug-likeness (QED) is 0.0244. The fourth-order valence-corrected chi connectivity index (χ4v) is 7.97. The second-order valence-corrected chi connectivity index (χ2v) is 19.6. The molecule has 0 aliphatic heterocycles. The number of phosphoric ester groups is 1. The Hall–Kier alpha value is -1.02. The number of phosphoric acid groups is 1. The Morgan fingerprint density at radius 2 is 0.948 bits per heavy atom. The highest BCUT2D eigenvalue weighted by molar-refractivity contribution is 7.47. The minimum Gasteiger partial charge on any atom is -0.387 e. The summed E-state index contributed by atoms with van der Waals surface area (Å²) in [6.07, 6.45) is 50.4. The summed E-state index contributed by atoms with van der Waals surface area (Å²) >= 11 is 0. The third-order valence-electron chi connectivity index (χ3n) is 11.2. The number of aliphatic hydroxyl groups excluding tert-OH is 1. The van der Waals surface area contributed by atoms with Crippen LogP contribution in [0.2, 0.25) is 0 Å². The van der Waals surface area contributed by atoms with Gasteiger partial charge in [0.25, 0.3) is 0 Å². The largest absolute Gasteiger partial charge is 0.472 e. The summed E-state index contributed by atoms with van der Waals surface area (Å²) in [5.74, 6) is -0.195. The summed E-state index contributed by atoms with van der Waals surface area (Å²) in [7, 11) is 1.56. The van der Waals surface area contributed by atoms with Crippen LogP contribution in [0.5, 0.6) is 0 Å². The number of hydrogen-bond donors (Lipinski definition) is 3. The lowest BCUT2D eigenvalue weighted by Crippen LogP contribution is -2.45. The van der Waals surface area contributed by atoms with Gasteiger partial charge in [0.15, 0.2) is 0 Å². The molecular weight excluding hydrogens is 744 g/mol. The number of unbranched alkanes of at least 4 members (excludes halogenated alkanes) is 30. The molecule has 1 amide bonds. The van der Waals surface area contributed by atoms with Gasteiger partial charge in [-0.15, -0.1) is 0 Å². The van der Waals surface area contributed by atoms with E-state index in [1.807, 2.05) is 27.2 Å². The monoisotopic (exact) mass is 842 g/mol. The Morgan fingerprint density at radius 3 is 1.38 bits per heavy atom. The Balaban J connectivity index is 4.00. The van der Waals surface area contributed by atoms with Gasteiger partial charge in [0, 0.05) is 6.42 Å². The van der Waals surface area contributed by atoms with E-state index in [-0.39, 0.29) is 19.1 Å². The lowest BCUT2D eigenvalue weighted by Gasteiger charge is -2.25. The minimum atomic E-state index is -4.33. The summed E-state index contributed by atoms with van der Waals surface area (Å²) < 4.78 is 23.4. The van der Waals surface area contributed by atoms with Gasteiger partial charge in [0.05, 0.1) is 39.9 Å². The average Bonchev–Trinajstić information content (AvgIpc) is 3.17. The fraction of sp³-hybridized carbons (Fsp3) is 0.898. The molecule has 0 aromatic rings. The molecule has 9 heteroatoms. The fourth-order valence-electron chi connectivity index (χ4n) is 7.23. The highest BCUT2D eigenvalue weighted by Crippen LogP contribution is 2.43. The summed E-state index contributed by atoms with van der Waals surface area (Å²) in [5, 5.41) is 13.7. The molecule has 0 rings (SSSR count). The van der Waals surface area contributed by atoms with Crippen LogP contribution >= 0.6 is 7.82 Å². The summed E-state index contributed by atoms with van der Waals surface area (Å²) in [4.78, 5) is 22.9. The zero-order valence-corrected chi connectivity index (χ0v) is 39.9. The van der Waals surface area contributed by atoms with E-state index in [0.29, 0.717) is 17.4 Å². The van der Waals surface area contributed by atoms with Gasteiger partial charge < -0.3 is 19.8 Å². The second kappa shape index (κ2) is 41.3. The van der Waals surface area contributed by atoms with Crippen molar-refractivity contribution >= 4 is 13.7 Å². The van der Waals surface area contributed by atoms with Crippen LogP contribution in [0.15, 0.2) is 24.3 Å². The standard InChI is InChI=1S/C49H97N2O6P/c1-6-8-10-12-14-15-16-17-18-19-20-21-22-23-24-25-26-27-28-29-30-31-32-33-34-35-36-37-38-40-42-48(52)47(50-49(53)43-41-39-13-11-9-7-2)46-57-58(54,55)56-45-44-51(3,4)5/h35-36,40,42,47-48,52H,6-34,37-39,41,43-46H2,1-5H3,(H-,50,53,54,55)/p+1/b36-35+,42-40+. The molecule has 3 atom stereocenters. The van der Waals surface area contributed by atoms with Crippen LogP contribution < -0.4 is 5.32 Å². The van der Waals surface area contributed by atoms with Crippen molar-refractivity contribution in [2.24, 2.45) is 0 Å². The smallest absolute Gasteiger partial charge is 0.387 e. The Morgan fingerprint density at radius 1 is 0.569 bits per heavy atom. The van der Waals surface area contributed by atoms with E-state index < -0.39 is 20.0 Å². The highest BCUT2D eigenvalue weighted by Gasteiger charge is 2.27. The van der Waals surface area contributed by atoms with Crippen LogP contribution in [0.25, 0.3) is 0 Å². The number of amides is 1. The molecule has 0 aromatic carbocycles. The molecule has 0 bridgehead atoms. The average molecular weight is 842 g/mol. The number of quaternary nitrogens is 1. The van der Waals surface area contributed by atoms with E-state index in [2.05, 4.69) is 31.3 Å². The van der Waals surface area contributed by atoms with Gasteiger partial charge in [-0.05, 0) is 32.1 Å². The lowest BCUT2D eigenvalue weighted by molar-refractivity contribution is -0.870. The van der Waals surface area contributed by atoms with Crippen molar-refractivity contribution in [2.45, 2.75) is 244 Å². The first-order chi connectivity index (χ1) is 28.0. The highest BCUT2D eigenvalue weighted by atomic mass is 31.2. The molecular formula is C49H98N2O6P+. The Bertz CT molecular complexity index is 1000. The van der Waals surface area contributed by atoms with Crippen molar-refractivity contribution < 1.29 is 32.9 Å². The van der Waals surface area contributed by atoms with E-state index >= 15 is 0 Å². The molecule has 344 valence electrons.